The lowest BCUT2D eigenvalue weighted by Crippen LogP contribution is -2.42. The average Bonchev–Trinajstić information content (AvgIpc) is 2.19. The van der Waals surface area contributed by atoms with E-state index in [1.54, 1.807) is 7.11 Å². The number of nitrogens with zero attached hydrogens (tertiary/aromatic N) is 2. The van der Waals surface area contributed by atoms with Gasteiger partial charge in [-0.2, -0.15) is 4.98 Å². The Balaban J connectivity index is 2.20. The van der Waals surface area contributed by atoms with Gasteiger partial charge in [0.05, 0.1) is 7.11 Å². The van der Waals surface area contributed by atoms with Gasteiger partial charge in [0.15, 0.2) is 5.82 Å². The predicted octanol–water partition coefficient (Wildman–Crippen LogP) is 1.42. The number of hydrogen-bond acceptors (Lipinski definition) is 5. The fraction of sp³-hybridized carbons (Fsp3) is 0.600. The molecule has 1 heterocycles. The largest absolute Gasteiger partial charge is 0.479 e. The molecule has 1 aromatic rings. The van der Waals surface area contributed by atoms with E-state index in [2.05, 4.69) is 22.2 Å². The molecule has 1 aromatic heterocycles. The van der Waals surface area contributed by atoms with Crippen molar-refractivity contribution < 1.29 is 4.74 Å². The van der Waals surface area contributed by atoms with Crippen molar-refractivity contribution in [3.63, 3.8) is 0 Å². The number of ether oxygens (including phenoxy) is 1. The van der Waals surface area contributed by atoms with Crippen LogP contribution in [-0.4, -0.2) is 22.6 Å². The van der Waals surface area contributed by atoms with E-state index in [1.807, 2.05) is 0 Å². The van der Waals surface area contributed by atoms with E-state index in [0.717, 1.165) is 12.8 Å². The van der Waals surface area contributed by atoms with Gasteiger partial charge >= 0.3 is 0 Å². The lowest BCUT2D eigenvalue weighted by Gasteiger charge is -2.39. The van der Waals surface area contributed by atoms with Crippen molar-refractivity contribution in [2.45, 2.75) is 31.7 Å². The molecule has 0 bridgehead atoms. The molecule has 0 spiro atoms. The van der Waals surface area contributed by atoms with E-state index >= 15 is 0 Å². The Kier molecular flexibility index (Phi) is 2.38. The van der Waals surface area contributed by atoms with Crippen LogP contribution < -0.4 is 15.8 Å². The number of nitrogen functional groups attached to an aromatic ring is 1. The highest BCUT2D eigenvalue weighted by atomic mass is 16.5. The van der Waals surface area contributed by atoms with E-state index in [4.69, 9.17) is 10.5 Å². The molecule has 1 fully saturated rings. The molecule has 0 unspecified atom stereocenters. The SMILES string of the molecule is COc1ncnc(NC2(C)CCC2)c1N. The quantitative estimate of drug-likeness (QED) is 0.786. The Morgan fingerprint density at radius 2 is 2.20 bits per heavy atom. The monoisotopic (exact) mass is 208 g/mol. The minimum atomic E-state index is 0.132. The third kappa shape index (κ3) is 1.82. The molecule has 0 aromatic carbocycles. The second-order valence-electron chi connectivity index (χ2n) is 4.18. The predicted molar refractivity (Wildman–Crippen MR) is 58.9 cm³/mol. The number of methoxy groups -OCH3 is 1. The van der Waals surface area contributed by atoms with Crippen molar-refractivity contribution in [2.75, 3.05) is 18.2 Å². The van der Waals surface area contributed by atoms with Crippen LogP contribution in [0.2, 0.25) is 0 Å². The Morgan fingerprint density at radius 1 is 1.47 bits per heavy atom. The summed E-state index contributed by atoms with van der Waals surface area (Å²) in [6.07, 6.45) is 5.02. The number of anilines is 2. The van der Waals surface area contributed by atoms with Gasteiger partial charge in [0.25, 0.3) is 0 Å². The summed E-state index contributed by atoms with van der Waals surface area (Å²) in [5, 5.41) is 3.34. The molecule has 0 amide bonds. The number of nitrogens with two attached hydrogens (primary N) is 1. The second-order valence-corrected chi connectivity index (χ2v) is 4.18. The van der Waals surface area contributed by atoms with Crippen LogP contribution in [0, 0.1) is 0 Å². The van der Waals surface area contributed by atoms with E-state index < -0.39 is 0 Å². The van der Waals surface area contributed by atoms with Gasteiger partial charge in [-0.25, -0.2) is 4.98 Å². The molecule has 1 aliphatic rings. The standard InChI is InChI=1S/C10H16N4O/c1-10(4-3-5-10)14-8-7(11)9(15-2)13-6-12-8/h6H,3-5,11H2,1-2H3,(H,12,13,14). The molecule has 5 heteroatoms. The molecule has 0 saturated heterocycles. The highest BCUT2D eigenvalue weighted by Crippen LogP contribution is 2.36. The number of nitrogens with one attached hydrogen (secondary N) is 1. The fourth-order valence-electron chi connectivity index (χ4n) is 1.76. The van der Waals surface area contributed by atoms with Crippen LogP contribution >= 0.6 is 0 Å². The van der Waals surface area contributed by atoms with Gasteiger partial charge in [0.2, 0.25) is 5.88 Å². The smallest absolute Gasteiger partial charge is 0.242 e. The van der Waals surface area contributed by atoms with Crippen molar-refractivity contribution in [3.8, 4) is 5.88 Å². The zero-order chi connectivity index (χ0) is 10.9. The van der Waals surface area contributed by atoms with Crippen LogP contribution in [0.5, 0.6) is 5.88 Å². The maximum Gasteiger partial charge on any atom is 0.242 e. The first-order valence-corrected chi connectivity index (χ1v) is 5.07. The molecule has 1 aliphatic carbocycles. The number of aromatic nitrogens is 2. The molecule has 2 rings (SSSR count). The van der Waals surface area contributed by atoms with Crippen molar-refractivity contribution in [1.82, 2.24) is 9.97 Å². The van der Waals surface area contributed by atoms with Crippen LogP contribution in [-0.2, 0) is 0 Å². The Hall–Kier alpha value is -1.52. The maximum absolute atomic E-state index is 5.87. The van der Waals surface area contributed by atoms with Gasteiger partial charge < -0.3 is 15.8 Å². The first-order chi connectivity index (χ1) is 7.14. The molecule has 0 atom stereocenters. The molecule has 15 heavy (non-hydrogen) atoms. The maximum atomic E-state index is 5.87. The van der Waals surface area contributed by atoms with Crippen molar-refractivity contribution >= 4 is 11.5 Å². The molecule has 1 saturated carbocycles. The fourth-order valence-corrected chi connectivity index (χ4v) is 1.76. The molecule has 0 aliphatic heterocycles. The molecular formula is C10H16N4O. The van der Waals surface area contributed by atoms with Crippen molar-refractivity contribution in [2.24, 2.45) is 0 Å². The van der Waals surface area contributed by atoms with Crippen LogP contribution in [0.1, 0.15) is 26.2 Å². The molecule has 5 nitrogen and oxygen atoms in total. The van der Waals surface area contributed by atoms with E-state index in [-0.39, 0.29) is 5.54 Å². The van der Waals surface area contributed by atoms with E-state index in [1.165, 1.54) is 12.7 Å². The first kappa shape index (κ1) is 10.0. The highest BCUT2D eigenvalue weighted by molar-refractivity contribution is 5.67. The van der Waals surface area contributed by atoms with Crippen LogP contribution in [0.15, 0.2) is 6.33 Å². The summed E-state index contributed by atoms with van der Waals surface area (Å²) >= 11 is 0. The van der Waals surface area contributed by atoms with Crippen LogP contribution in [0.4, 0.5) is 11.5 Å². The summed E-state index contributed by atoms with van der Waals surface area (Å²) in [5.41, 5.74) is 6.48. The van der Waals surface area contributed by atoms with Gasteiger partial charge in [-0.15, -0.1) is 0 Å². The summed E-state index contributed by atoms with van der Waals surface area (Å²) in [6.45, 7) is 2.17. The van der Waals surface area contributed by atoms with Crippen molar-refractivity contribution in [1.29, 1.82) is 0 Å². The summed E-state index contributed by atoms with van der Waals surface area (Å²) in [5.74, 6) is 1.10. The Labute approximate surface area is 89.1 Å². The van der Waals surface area contributed by atoms with Crippen molar-refractivity contribution in [3.05, 3.63) is 6.33 Å². The van der Waals surface area contributed by atoms with E-state index in [9.17, 15) is 0 Å². The minimum Gasteiger partial charge on any atom is -0.479 e. The number of rotatable bonds is 3. The second kappa shape index (κ2) is 3.56. The topological polar surface area (TPSA) is 73.1 Å². The molecular weight excluding hydrogens is 192 g/mol. The zero-order valence-electron chi connectivity index (χ0n) is 9.08. The summed E-state index contributed by atoms with van der Waals surface area (Å²) in [7, 11) is 1.55. The van der Waals surface area contributed by atoms with Gasteiger partial charge in [-0.05, 0) is 26.2 Å². The Bertz CT molecular complexity index is 362. The zero-order valence-corrected chi connectivity index (χ0v) is 9.08. The van der Waals surface area contributed by atoms with Gasteiger partial charge in [-0.1, -0.05) is 0 Å². The summed E-state index contributed by atoms with van der Waals surface area (Å²) in [6, 6.07) is 0. The van der Waals surface area contributed by atoms with Gasteiger partial charge in [0.1, 0.15) is 12.0 Å². The van der Waals surface area contributed by atoms with Crippen LogP contribution in [0.25, 0.3) is 0 Å². The Morgan fingerprint density at radius 3 is 2.73 bits per heavy atom. The molecule has 0 radical (unpaired) electrons. The molecule has 82 valence electrons. The third-order valence-electron chi connectivity index (χ3n) is 2.92. The minimum absolute atomic E-state index is 0.132. The van der Waals surface area contributed by atoms with Gasteiger partial charge in [0, 0.05) is 5.54 Å². The summed E-state index contributed by atoms with van der Waals surface area (Å²) < 4.78 is 5.04. The average molecular weight is 208 g/mol. The summed E-state index contributed by atoms with van der Waals surface area (Å²) in [4.78, 5) is 8.06. The van der Waals surface area contributed by atoms with Gasteiger partial charge in [-0.3, -0.25) is 0 Å². The lowest BCUT2D eigenvalue weighted by atomic mass is 9.78. The highest BCUT2D eigenvalue weighted by Gasteiger charge is 2.32. The number of hydrogen-bond donors (Lipinski definition) is 2. The third-order valence-corrected chi connectivity index (χ3v) is 2.92. The lowest BCUT2D eigenvalue weighted by molar-refractivity contribution is 0.305. The first-order valence-electron chi connectivity index (χ1n) is 5.07. The van der Waals surface area contributed by atoms with E-state index in [0.29, 0.717) is 17.4 Å². The molecule has 3 N–H and O–H groups in total. The van der Waals surface area contributed by atoms with Crippen LogP contribution in [0.3, 0.4) is 0 Å². The normalized spacial score (nSPS) is 18.0.